The highest BCUT2D eigenvalue weighted by Crippen LogP contribution is 2.24. The van der Waals surface area contributed by atoms with Gasteiger partial charge >= 0.3 is 0 Å². The molecule has 2 aromatic rings. The molecule has 1 aromatic carbocycles. The highest BCUT2D eigenvalue weighted by Gasteiger charge is 2.33. The van der Waals surface area contributed by atoms with Gasteiger partial charge in [0.05, 0.1) is 6.54 Å². The van der Waals surface area contributed by atoms with E-state index in [1.54, 1.807) is 23.1 Å². The van der Waals surface area contributed by atoms with Crippen molar-refractivity contribution in [3.63, 3.8) is 0 Å². The summed E-state index contributed by atoms with van der Waals surface area (Å²) in [4.78, 5) is 28.7. The number of benzene rings is 1. The number of hydrogen-bond donors (Lipinski definition) is 1. The Morgan fingerprint density at radius 3 is 3.00 bits per heavy atom. The number of carbonyl (C=O) groups excluding carboxylic acids is 2. The third-order valence-electron chi connectivity index (χ3n) is 5.09. The van der Waals surface area contributed by atoms with Crippen molar-refractivity contribution in [2.75, 3.05) is 32.7 Å². The first-order valence-electron chi connectivity index (χ1n) is 9.14. The van der Waals surface area contributed by atoms with E-state index >= 15 is 0 Å². The molecule has 0 radical (unpaired) electrons. The van der Waals surface area contributed by atoms with E-state index in [4.69, 9.17) is 16.1 Å². The lowest BCUT2D eigenvalue weighted by Crippen LogP contribution is -2.57. The third kappa shape index (κ3) is 3.84. The maximum absolute atomic E-state index is 12.9. The SMILES string of the molecule is O=C(c1cc(-c2cccc(Cl)c2)no1)N1CCCC(N2CCNCC2=O)C1. The average molecular weight is 389 g/mol. The van der Waals surface area contributed by atoms with E-state index in [0.29, 0.717) is 36.9 Å². The molecule has 8 heteroatoms. The Morgan fingerprint density at radius 1 is 1.30 bits per heavy atom. The number of halogens is 1. The van der Waals surface area contributed by atoms with Crippen LogP contribution in [-0.2, 0) is 4.79 Å². The lowest BCUT2D eigenvalue weighted by molar-refractivity contribution is -0.135. The van der Waals surface area contributed by atoms with Crippen molar-refractivity contribution < 1.29 is 14.1 Å². The molecule has 1 unspecified atom stereocenters. The van der Waals surface area contributed by atoms with Crippen molar-refractivity contribution in [3.05, 3.63) is 41.1 Å². The molecule has 0 aliphatic carbocycles. The molecular weight excluding hydrogens is 368 g/mol. The van der Waals surface area contributed by atoms with Crippen molar-refractivity contribution in [2.24, 2.45) is 0 Å². The number of rotatable bonds is 3. The van der Waals surface area contributed by atoms with E-state index in [1.807, 2.05) is 17.0 Å². The first kappa shape index (κ1) is 18.0. The van der Waals surface area contributed by atoms with Gasteiger partial charge in [0.15, 0.2) is 0 Å². The Morgan fingerprint density at radius 2 is 2.19 bits per heavy atom. The van der Waals surface area contributed by atoms with Gasteiger partial charge in [-0.05, 0) is 25.0 Å². The molecule has 4 rings (SSSR count). The molecule has 2 fully saturated rings. The normalized spacial score (nSPS) is 20.8. The van der Waals surface area contributed by atoms with Crippen LogP contribution in [0.2, 0.25) is 5.02 Å². The number of nitrogens with zero attached hydrogens (tertiary/aromatic N) is 3. The number of piperazine rings is 1. The van der Waals surface area contributed by atoms with Gasteiger partial charge in [0, 0.05) is 48.9 Å². The molecule has 3 heterocycles. The van der Waals surface area contributed by atoms with Crippen LogP contribution >= 0.6 is 11.6 Å². The molecule has 2 amide bonds. The lowest BCUT2D eigenvalue weighted by Gasteiger charge is -2.40. The average Bonchev–Trinajstić information content (AvgIpc) is 3.18. The fourth-order valence-electron chi connectivity index (χ4n) is 3.72. The summed E-state index contributed by atoms with van der Waals surface area (Å²) >= 11 is 6.02. The summed E-state index contributed by atoms with van der Waals surface area (Å²) in [6, 6.07) is 8.96. The number of piperidine rings is 1. The molecule has 1 atom stereocenters. The highest BCUT2D eigenvalue weighted by molar-refractivity contribution is 6.30. The largest absolute Gasteiger partial charge is 0.350 e. The number of likely N-dealkylation sites (tertiary alicyclic amines) is 1. The van der Waals surface area contributed by atoms with Crippen molar-refractivity contribution >= 4 is 23.4 Å². The second kappa shape index (κ2) is 7.70. The molecule has 1 N–H and O–H groups in total. The zero-order chi connectivity index (χ0) is 18.8. The standard InChI is InChI=1S/C19H21ClN4O3/c20-14-4-1-3-13(9-14)16-10-17(27-22-16)19(26)23-7-2-5-15(12-23)24-8-6-21-11-18(24)25/h1,3-4,9-10,15,21H,2,5-8,11-12H2. The summed E-state index contributed by atoms with van der Waals surface area (Å²) in [6.45, 7) is 3.03. The maximum atomic E-state index is 12.9. The lowest BCUT2D eigenvalue weighted by atomic mass is 10.0. The smallest absolute Gasteiger partial charge is 0.292 e. The van der Waals surface area contributed by atoms with Gasteiger partial charge in [0.25, 0.3) is 5.91 Å². The van der Waals surface area contributed by atoms with Crippen LogP contribution < -0.4 is 5.32 Å². The molecule has 27 heavy (non-hydrogen) atoms. The monoisotopic (exact) mass is 388 g/mol. The number of hydrogen-bond acceptors (Lipinski definition) is 5. The van der Waals surface area contributed by atoms with Crippen LogP contribution in [0.25, 0.3) is 11.3 Å². The topological polar surface area (TPSA) is 78.7 Å². The van der Waals surface area contributed by atoms with Gasteiger partial charge in [0.2, 0.25) is 11.7 Å². The van der Waals surface area contributed by atoms with Crippen molar-refractivity contribution in [2.45, 2.75) is 18.9 Å². The summed E-state index contributed by atoms with van der Waals surface area (Å²) < 4.78 is 5.30. The van der Waals surface area contributed by atoms with Gasteiger partial charge in [-0.1, -0.05) is 28.9 Å². The predicted octanol–water partition coefficient (Wildman–Crippen LogP) is 2.03. The minimum atomic E-state index is -0.192. The summed E-state index contributed by atoms with van der Waals surface area (Å²) in [5.41, 5.74) is 1.37. The number of carbonyl (C=O) groups is 2. The Bertz CT molecular complexity index is 853. The van der Waals surface area contributed by atoms with Gasteiger partial charge < -0.3 is 19.6 Å². The van der Waals surface area contributed by atoms with Gasteiger partial charge in [-0.25, -0.2) is 0 Å². The zero-order valence-corrected chi connectivity index (χ0v) is 15.6. The predicted molar refractivity (Wildman–Crippen MR) is 100 cm³/mol. The van der Waals surface area contributed by atoms with Crippen LogP contribution in [-0.4, -0.2) is 65.5 Å². The van der Waals surface area contributed by atoms with Gasteiger partial charge in [-0.2, -0.15) is 0 Å². The second-order valence-electron chi connectivity index (χ2n) is 6.90. The number of amides is 2. The first-order valence-corrected chi connectivity index (χ1v) is 9.52. The number of nitrogens with one attached hydrogen (secondary N) is 1. The summed E-state index contributed by atoms with van der Waals surface area (Å²) in [7, 11) is 0. The van der Waals surface area contributed by atoms with Crippen LogP contribution in [0.3, 0.4) is 0 Å². The Kier molecular flexibility index (Phi) is 5.13. The van der Waals surface area contributed by atoms with Gasteiger partial charge in [0.1, 0.15) is 5.69 Å². The van der Waals surface area contributed by atoms with Crippen LogP contribution in [0.1, 0.15) is 23.4 Å². The molecule has 0 spiro atoms. The highest BCUT2D eigenvalue weighted by atomic mass is 35.5. The third-order valence-corrected chi connectivity index (χ3v) is 5.33. The zero-order valence-electron chi connectivity index (χ0n) is 14.9. The van der Waals surface area contributed by atoms with E-state index in [-0.39, 0.29) is 23.6 Å². The molecular formula is C19H21ClN4O3. The quantitative estimate of drug-likeness (QED) is 0.870. The minimum absolute atomic E-state index is 0.0626. The molecule has 7 nitrogen and oxygen atoms in total. The van der Waals surface area contributed by atoms with Crippen LogP contribution in [0, 0.1) is 0 Å². The van der Waals surface area contributed by atoms with Crippen LogP contribution in [0.4, 0.5) is 0 Å². The van der Waals surface area contributed by atoms with Gasteiger partial charge in [-0.3, -0.25) is 9.59 Å². The van der Waals surface area contributed by atoms with Crippen molar-refractivity contribution in [3.8, 4) is 11.3 Å². The Hall–Kier alpha value is -2.38. The van der Waals surface area contributed by atoms with Crippen LogP contribution in [0.5, 0.6) is 0 Å². The Labute approximate surface area is 162 Å². The van der Waals surface area contributed by atoms with E-state index < -0.39 is 0 Å². The van der Waals surface area contributed by atoms with Crippen LogP contribution in [0.15, 0.2) is 34.9 Å². The first-order chi connectivity index (χ1) is 13.1. The van der Waals surface area contributed by atoms with E-state index in [0.717, 1.165) is 24.9 Å². The fraction of sp³-hybridized carbons (Fsp3) is 0.421. The van der Waals surface area contributed by atoms with Crippen molar-refractivity contribution in [1.29, 1.82) is 0 Å². The van der Waals surface area contributed by atoms with Crippen molar-refractivity contribution in [1.82, 2.24) is 20.3 Å². The summed E-state index contributed by atoms with van der Waals surface area (Å²) in [5, 5.41) is 7.69. The van der Waals surface area contributed by atoms with Gasteiger partial charge in [-0.15, -0.1) is 0 Å². The molecule has 142 valence electrons. The second-order valence-corrected chi connectivity index (χ2v) is 7.33. The molecule has 2 aliphatic heterocycles. The molecule has 1 aromatic heterocycles. The Balaban J connectivity index is 1.47. The fourth-order valence-corrected chi connectivity index (χ4v) is 3.91. The summed E-state index contributed by atoms with van der Waals surface area (Å²) in [5.74, 6) is 0.115. The maximum Gasteiger partial charge on any atom is 0.292 e. The molecule has 0 saturated carbocycles. The number of aromatic nitrogens is 1. The van der Waals surface area contributed by atoms with E-state index in [1.165, 1.54) is 0 Å². The molecule has 2 saturated heterocycles. The molecule has 0 bridgehead atoms. The van der Waals surface area contributed by atoms with E-state index in [9.17, 15) is 9.59 Å². The van der Waals surface area contributed by atoms with E-state index in [2.05, 4.69) is 10.5 Å². The summed E-state index contributed by atoms with van der Waals surface area (Å²) in [6.07, 6.45) is 1.78. The molecule has 2 aliphatic rings. The minimum Gasteiger partial charge on any atom is -0.350 e.